The van der Waals surface area contributed by atoms with Crippen molar-refractivity contribution in [2.75, 3.05) is 39.2 Å². The summed E-state index contributed by atoms with van der Waals surface area (Å²) >= 11 is 13.9. The summed E-state index contributed by atoms with van der Waals surface area (Å²) in [6.45, 7) is 2.19. The smallest absolute Gasteiger partial charge is 0.220 e. The molecule has 1 aliphatic rings. The summed E-state index contributed by atoms with van der Waals surface area (Å²) < 4.78 is 11.1. The molecule has 1 saturated heterocycles. The summed E-state index contributed by atoms with van der Waals surface area (Å²) in [6.07, 6.45) is 3.06. The Morgan fingerprint density at radius 2 is 1.84 bits per heavy atom. The number of rotatable bonds is 14. The lowest BCUT2D eigenvalue weighted by Crippen LogP contribution is -2.35. The number of carbonyl (C=O) groups is 1. The van der Waals surface area contributed by atoms with Crippen LogP contribution in [0.15, 0.2) is 54.7 Å². The van der Waals surface area contributed by atoms with Gasteiger partial charge in [-0.05, 0) is 36.8 Å². The Morgan fingerprint density at radius 1 is 0.978 bits per heavy atom. The summed E-state index contributed by atoms with van der Waals surface area (Å²) in [6, 6.07) is 15.0. The lowest BCUT2D eigenvalue weighted by atomic mass is 10.1. The molecular weight excluding hydrogens is 617 g/mol. The molecule has 1 amide bonds. The van der Waals surface area contributed by atoms with Crippen molar-refractivity contribution in [2.45, 2.75) is 32.0 Å². The number of anilines is 2. The maximum Gasteiger partial charge on any atom is 0.220 e. The number of aliphatic hydroxyl groups excluding tert-OH is 1. The van der Waals surface area contributed by atoms with E-state index in [1.54, 1.807) is 26.5 Å². The quantitative estimate of drug-likeness (QED) is 0.122. The molecule has 5 rings (SSSR count). The Labute approximate surface area is 271 Å². The highest BCUT2D eigenvalue weighted by Crippen LogP contribution is 2.41. The van der Waals surface area contributed by atoms with Gasteiger partial charge in [0.15, 0.2) is 11.6 Å². The minimum Gasteiger partial charge on any atom is -0.493 e. The largest absolute Gasteiger partial charge is 0.493 e. The molecule has 0 radical (unpaired) electrons. The summed E-state index contributed by atoms with van der Waals surface area (Å²) in [5, 5.41) is 22.6. The SMILES string of the molecule is COc1ccc(CNCCO)nc1Nc1cccc(-c2nccc(-c3ccc(CNC[C@@H]4CCC(=O)N4)c(OC)n3)c2Cl)c1Cl. The van der Waals surface area contributed by atoms with E-state index in [1.165, 1.54) is 0 Å². The van der Waals surface area contributed by atoms with Gasteiger partial charge in [0, 0.05) is 61.5 Å². The van der Waals surface area contributed by atoms with Crippen molar-refractivity contribution in [3.05, 3.63) is 76.0 Å². The van der Waals surface area contributed by atoms with Crippen molar-refractivity contribution in [3.8, 4) is 34.1 Å². The number of halogens is 2. The highest BCUT2D eigenvalue weighted by atomic mass is 35.5. The number of aliphatic hydroxyl groups is 1. The predicted molar refractivity (Wildman–Crippen MR) is 175 cm³/mol. The molecule has 4 aromatic rings. The van der Waals surface area contributed by atoms with Crippen LogP contribution in [0.2, 0.25) is 10.0 Å². The number of nitrogens with one attached hydrogen (secondary N) is 4. The molecule has 0 spiro atoms. The number of carbonyl (C=O) groups excluding carboxylic acids is 1. The number of methoxy groups -OCH3 is 2. The summed E-state index contributed by atoms with van der Waals surface area (Å²) in [7, 11) is 3.15. The number of hydrogen-bond donors (Lipinski definition) is 5. The van der Waals surface area contributed by atoms with Gasteiger partial charge in [-0.2, -0.15) is 0 Å². The highest BCUT2D eigenvalue weighted by Gasteiger charge is 2.21. The van der Waals surface area contributed by atoms with Crippen molar-refractivity contribution in [3.63, 3.8) is 0 Å². The molecule has 3 aromatic heterocycles. The van der Waals surface area contributed by atoms with Gasteiger partial charge < -0.3 is 35.8 Å². The standard InChI is InChI=1S/C32H35Cl2N7O4/c1-44-26-10-7-21(17-35-14-15-42)39-31(26)40-25-5-3-4-23(28(25)33)30-29(34)22(12-13-37-30)24-9-6-19(32(41-24)45-2)16-36-18-20-8-11-27(43)38-20/h3-7,9-10,12-13,20,35-36,42H,8,11,14-18H2,1-2H3,(H,38,43)(H,39,40)/t20-/m0/s1. The van der Waals surface area contributed by atoms with E-state index in [2.05, 4.69) is 31.2 Å². The third kappa shape index (κ3) is 7.81. The molecule has 11 nitrogen and oxygen atoms in total. The summed E-state index contributed by atoms with van der Waals surface area (Å²) in [5.74, 6) is 1.61. The number of amides is 1. The van der Waals surface area contributed by atoms with E-state index in [1.807, 2.05) is 42.5 Å². The molecule has 0 aliphatic carbocycles. The first-order valence-electron chi connectivity index (χ1n) is 14.5. The molecule has 1 aliphatic heterocycles. The Bertz CT molecular complexity index is 1660. The molecule has 1 aromatic carbocycles. The van der Waals surface area contributed by atoms with E-state index in [0.29, 0.717) is 88.3 Å². The Morgan fingerprint density at radius 3 is 2.60 bits per heavy atom. The van der Waals surface area contributed by atoms with Gasteiger partial charge in [-0.25, -0.2) is 9.97 Å². The Balaban J connectivity index is 1.38. The van der Waals surface area contributed by atoms with Crippen LogP contribution < -0.4 is 30.7 Å². The van der Waals surface area contributed by atoms with Crippen LogP contribution in [0.4, 0.5) is 11.5 Å². The minimum absolute atomic E-state index is 0.0388. The second-order valence-electron chi connectivity index (χ2n) is 10.4. The van der Waals surface area contributed by atoms with E-state index >= 15 is 0 Å². The number of aromatic nitrogens is 3. The molecule has 5 N–H and O–H groups in total. The first kappa shape index (κ1) is 32.4. The van der Waals surface area contributed by atoms with Crippen LogP contribution in [0.3, 0.4) is 0 Å². The van der Waals surface area contributed by atoms with Gasteiger partial charge in [-0.1, -0.05) is 41.4 Å². The fourth-order valence-corrected chi connectivity index (χ4v) is 5.62. The maximum absolute atomic E-state index is 11.5. The topological polar surface area (TPSA) is 143 Å². The number of benzene rings is 1. The second-order valence-corrected chi connectivity index (χ2v) is 11.1. The Hall–Kier alpha value is -4.00. The van der Waals surface area contributed by atoms with E-state index in [0.717, 1.165) is 17.7 Å². The van der Waals surface area contributed by atoms with Crippen LogP contribution in [0.25, 0.3) is 22.5 Å². The summed E-state index contributed by atoms with van der Waals surface area (Å²) in [4.78, 5) is 25.4. The average Bonchev–Trinajstić information content (AvgIpc) is 3.47. The number of hydrogen-bond acceptors (Lipinski definition) is 10. The van der Waals surface area contributed by atoms with Crippen LogP contribution in [0, 0.1) is 0 Å². The van der Waals surface area contributed by atoms with E-state index in [4.69, 9.17) is 42.8 Å². The molecule has 0 unspecified atom stereocenters. The minimum atomic E-state index is 0.0388. The highest BCUT2D eigenvalue weighted by molar-refractivity contribution is 6.39. The summed E-state index contributed by atoms with van der Waals surface area (Å²) in [5.41, 5.74) is 4.66. The second kappa shape index (κ2) is 15.3. The zero-order valence-electron chi connectivity index (χ0n) is 25.0. The molecule has 1 atom stereocenters. The van der Waals surface area contributed by atoms with E-state index in [-0.39, 0.29) is 18.6 Å². The molecule has 236 valence electrons. The van der Waals surface area contributed by atoms with E-state index < -0.39 is 0 Å². The van der Waals surface area contributed by atoms with Gasteiger partial charge >= 0.3 is 0 Å². The number of nitrogens with zero attached hydrogens (tertiary/aromatic N) is 3. The molecule has 13 heteroatoms. The number of ether oxygens (including phenoxy) is 2. The van der Waals surface area contributed by atoms with Crippen molar-refractivity contribution < 1.29 is 19.4 Å². The van der Waals surface area contributed by atoms with E-state index in [9.17, 15) is 4.79 Å². The maximum atomic E-state index is 11.5. The monoisotopic (exact) mass is 651 g/mol. The fourth-order valence-electron chi connectivity index (χ4n) is 5.05. The first-order chi connectivity index (χ1) is 21.9. The van der Waals surface area contributed by atoms with Gasteiger partial charge in [-0.15, -0.1) is 0 Å². The third-order valence-electron chi connectivity index (χ3n) is 7.33. The third-order valence-corrected chi connectivity index (χ3v) is 8.12. The molecular formula is C32H35Cl2N7O4. The molecule has 4 heterocycles. The van der Waals surface area contributed by atoms with Crippen molar-refractivity contribution in [2.24, 2.45) is 0 Å². The van der Waals surface area contributed by atoms with Crippen molar-refractivity contribution in [1.82, 2.24) is 30.9 Å². The fraction of sp³-hybridized carbons (Fsp3) is 0.312. The van der Waals surface area contributed by atoms with Crippen LogP contribution in [0.5, 0.6) is 11.6 Å². The van der Waals surface area contributed by atoms with Crippen LogP contribution in [0.1, 0.15) is 24.1 Å². The first-order valence-corrected chi connectivity index (χ1v) is 15.3. The van der Waals surface area contributed by atoms with Crippen molar-refractivity contribution >= 4 is 40.6 Å². The Kier molecular flexibility index (Phi) is 11.0. The number of pyridine rings is 3. The lowest BCUT2D eigenvalue weighted by molar-refractivity contribution is -0.119. The zero-order chi connectivity index (χ0) is 31.8. The van der Waals surface area contributed by atoms with Gasteiger partial charge in [0.2, 0.25) is 11.8 Å². The molecule has 1 fully saturated rings. The predicted octanol–water partition coefficient (Wildman–Crippen LogP) is 4.72. The van der Waals surface area contributed by atoms with Crippen LogP contribution in [-0.2, 0) is 17.9 Å². The van der Waals surface area contributed by atoms with Gasteiger partial charge in [0.25, 0.3) is 0 Å². The molecule has 45 heavy (non-hydrogen) atoms. The van der Waals surface area contributed by atoms with Gasteiger partial charge in [0.1, 0.15) is 0 Å². The molecule has 0 saturated carbocycles. The average molecular weight is 653 g/mol. The zero-order valence-corrected chi connectivity index (χ0v) is 26.5. The van der Waals surface area contributed by atoms with Gasteiger partial charge in [0.05, 0.1) is 53.6 Å². The van der Waals surface area contributed by atoms with Crippen LogP contribution >= 0.6 is 23.2 Å². The lowest BCUT2D eigenvalue weighted by Gasteiger charge is -2.16. The van der Waals surface area contributed by atoms with Crippen LogP contribution in [-0.4, -0.2) is 65.9 Å². The normalized spacial score (nSPS) is 14.3. The molecule has 0 bridgehead atoms. The van der Waals surface area contributed by atoms with Gasteiger partial charge in [-0.3, -0.25) is 9.78 Å². The van der Waals surface area contributed by atoms with Crippen molar-refractivity contribution in [1.29, 1.82) is 0 Å².